The Hall–Kier alpha value is -2.00. The molecule has 0 aromatic carbocycles. The van der Waals surface area contributed by atoms with Crippen LogP contribution in [-0.4, -0.2) is 28.6 Å². The number of hydrogen-bond acceptors (Lipinski definition) is 6. The van der Waals surface area contributed by atoms with Gasteiger partial charge in [-0.2, -0.15) is 13.5 Å². The van der Waals surface area contributed by atoms with Gasteiger partial charge in [0.25, 0.3) is 10.0 Å². The Labute approximate surface area is 104 Å². The first-order chi connectivity index (χ1) is 8.54. The van der Waals surface area contributed by atoms with Gasteiger partial charge in [-0.05, 0) is 6.92 Å². The molecule has 4 N–H and O–H groups in total. The Morgan fingerprint density at radius 1 is 1.39 bits per heavy atom. The maximum Gasteiger partial charge on any atom is 0.281 e. The van der Waals surface area contributed by atoms with Crippen molar-refractivity contribution in [3.63, 3.8) is 0 Å². The minimum absolute atomic E-state index is 0.0872. The molecule has 0 aliphatic heterocycles. The normalized spacial score (nSPS) is 11.4. The zero-order valence-corrected chi connectivity index (χ0v) is 10.4. The quantitative estimate of drug-likeness (QED) is 0.702. The predicted molar refractivity (Wildman–Crippen MR) is 64.1 cm³/mol. The van der Waals surface area contributed by atoms with Crippen LogP contribution >= 0.6 is 0 Å². The molecule has 0 amide bonds. The molecule has 2 aromatic rings. The Morgan fingerprint density at radius 2 is 2.06 bits per heavy atom. The van der Waals surface area contributed by atoms with E-state index in [1.54, 1.807) is 6.92 Å². The van der Waals surface area contributed by atoms with Crippen molar-refractivity contribution < 1.29 is 8.42 Å². The van der Waals surface area contributed by atoms with Crippen molar-refractivity contribution >= 4 is 15.7 Å². The topological polar surface area (TPSA) is 127 Å². The van der Waals surface area contributed by atoms with Crippen LogP contribution in [0.4, 0.5) is 5.69 Å². The summed E-state index contributed by atoms with van der Waals surface area (Å²) in [6, 6.07) is 0. The molecule has 0 bridgehead atoms. The van der Waals surface area contributed by atoms with Gasteiger partial charge < -0.3 is 5.73 Å². The number of sulfonamides is 1. The minimum atomic E-state index is -3.79. The summed E-state index contributed by atoms with van der Waals surface area (Å²) in [5.74, 6) is 0. The van der Waals surface area contributed by atoms with E-state index >= 15 is 0 Å². The second-order valence-electron chi connectivity index (χ2n) is 3.57. The van der Waals surface area contributed by atoms with Gasteiger partial charge in [-0.15, -0.1) is 0 Å². The predicted octanol–water partition coefficient (Wildman–Crippen LogP) is -0.232. The minimum Gasteiger partial charge on any atom is -0.326 e. The molecule has 0 saturated heterocycles. The lowest BCUT2D eigenvalue weighted by molar-refractivity contribution is 0.595. The van der Waals surface area contributed by atoms with E-state index in [0.717, 1.165) is 0 Å². The molecule has 9 heteroatoms. The molecular formula is C9H12N6O2S. The lowest BCUT2D eigenvalue weighted by atomic mass is 10.3. The molecule has 0 saturated carbocycles. The summed E-state index contributed by atoms with van der Waals surface area (Å²) in [7, 11) is -3.79. The SMILES string of the molecule is Cc1[nH]nc(S(=O)(=O)Nc2cncnc2)c1CN. The van der Waals surface area contributed by atoms with Gasteiger partial charge in [0.15, 0.2) is 0 Å². The van der Waals surface area contributed by atoms with E-state index in [1.165, 1.54) is 18.7 Å². The van der Waals surface area contributed by atoms with E-state index in [9.17, 15) is 8.42 Å². The monoisotopic (exact) mass is 268 g/mol. The maximum atomic E-state index is 12.1. The molecule has 0 atom stereocenters. The van der Waals surface area contributed by atoms with Gasteiger partial charge >= 0.3 is 0 Å². The van der Waals surface area contributed by atoms with Crippen molar-refractivity contribution in [3.05, 3.63) is 30.0 Å². The van der Waals surface area contributed by atoms with Crippen LogP contribution < -0.4 is 10.5 Å². The number of anilines is 1. The van der Waals surface area contributed by atoms with Crippen LogP contribution in [0.25, 0.3) is 0 Å². The zero-order valence-electron chi connectivity index (χ0n) is 9.58. The van der Waals surface area contributed by atoms with Gasteiger partial charge in [0.2, 0.25) is 5.03 Å². The highest BCUT2D eigenvalue weighted by atomic mass is 32.2. The van der Waals surface area contributed by atoms with Gasteiger partial charge in [-0.3, -0.25) is 9.82 Å². The average Bonchev–Trinajstić information content (AvgIpc) is 2.72. The molecule has 2 rings (SSSR count). The number of nitrogens with two attached hydrogens (primary N) is 1. The molecule has 96 valence electrons. The van der Waals surface area contributed by atoms with Crippen molar-refractivity contribution in [1.29, 1.82) is 0 Å². The Bertz CT molecular complexity index is 636. The average molecular weight is 268 g/mol. The van der Waals surface area contributed by atoms with E-state index in [2.05, 4.69) is 24.9 Å². The zero-order chi connectivity index (χ0) is 13.2. The third kappa shape index (κ3) is 2.31. The molecular weight excluding hydrogens is 256 g/mol. The number of rotatable bonds is 4. The molecule has 2 heterocycles. The van der Waals surface area contributed by atoms with Gasteiger partial charge in [-0.25, -0.2) is 9.97 Å². The van der Waals surface area contributed by atoms with Crippen LogP contribution in [0.3, 0.4) is 0 Å². The summed E-state index contributed by atoms with van der Waals surface area (Å²) >= 11 is 0. The molecule has 18 heavy (non-hydrogen) atoms. The Morgan fingerprint density at radius 3 is 2.67 bits per heavy atom. The van der Waals surface area contributed by atoms with E-state index in [4.69, 9.17) is 5.73 Å². The van der Waals surface area contributed by atoms with E-state index in [-0.39, 0.29) is 17.3 Å². The van der Waals surface area contributed by atoms with Crippen molar-refractivity contribution in [2.24, 2.45) is 5.73 Å². The molecule has 0 aliphatic rings. The first-order valence-corrected chi connectivity index (χ1v) is 6.54. The van der Waals surface area contributed by atoms with Gasteiger partial charge in [-0.1, -0.05) is 0 Å². The molecule has 0 aliphatic carbocycles. The molecule has 0 radical (unpaired) electrons. The van der Waals surface area contributed by atoms with Crippen LogP contribution in [-0.2, 0) is 16.6 Å². The summed E-state index contributed by atoms with van der Waals surface area (Å²) in [5, 5.41) is 6.25. The Kier molecular flexibility index (Phi) is 3.26. The van der Waals surface area contributed by atoms with Crippen LogP contribution in [0.2, 0.25) is 0 Å². The number of aromatic amines is 1. The highest BCUT2D eigenvalue weighted by molar-refractivity contribution is 7.92. The Balaban J connectivity index is 2.37. The van der Waals surface area contributed by atoms with Crippen LogP contribution in [0, 0.1) is 6.92 Å². The summed E-state index contributed by atoms with van der Waals surface area (Å²) < 4.78 is 26.5. The van der Waals surface area contributed by atoms with Gasteiger partial charge in [0.1, 0.15) is 6.33 Å². The lowest BCUT2D eigenvalue weighted by Gasteiger charge is -2.06. The third-order valence-corrected chi connectivity index (χ3v) is 3.66. The molecule has 0 spiro atoms. The number of nitrogens with one attached hydrogen (secondary N) is 2. The maximum absolute atomic E-state index is 12.1. The molecule has 8 nitrogen and oxygen atoms in total. The molecule has 0 fully saturated rings. The first kappa shape index (κ1) is 12.5. The van der Waals surface area contributed by atoms with E-state index in [0.29, 0.717) is 11.3 Å². The number of H-pyrrole nitrogens is 1. The number of aromatic nitrogens is 4. The van der Waals surface area contributed by atoms with Gasteiger partial charge in [0.05, 0.1) is 18.1 Å². The summed E-state index contributed by atoms with van der Waals surface area (Å²) in [5.41, 5.74) is 6.86. The van der Waals surface area contributed by atoms with Crippen molar-refractivity contribution in [1.82, 2.24) is 20.2 Å². The van der Waals surface area contributed by atoms with Crippen LogP contribution in [0.5, 0.6) is 0 Å². The summed E-state index contributed by atoms with van der Waals surface area (Å²) in [6.07, 6.45) is 4.01. The number of aryl methyl sites for hydroxylation is 1. The summed E-state index contributed by atoms with van der Waals surface area (Å²) in [4.78, 5) is 7.44. The molecule has 0 unspecified atom stereocenters. The molecule has 2 aromatic heterocycles. The second kappa shape index (κ2) is 4.70. The van der Waals surface area contributed by atoms with Gasteiger partial charge in [0, 0.05) is 17.8 Å². The lowest BCUT2D eigenvalue weighted by Crippen LogP contribution is -2.16. The fraction of sp³-hybridized carbons (Fsp3) is 0.222. The smallest absolute Gasteiger partial charge is 0.281 e. The second-order valence-corrected chi connectivity index (χ2v) is 5.17. The standard InChI is InChI=1S/C9H12N6O2S/c1-6-8(2-10)9(14-13-6)18(16,17)15-7-3-11-5-12-4-7/h3-5,15H,2,10H2,1H3,(H,13,14). The van der Waals surface area contributed by atoms with E-state index in [1.807, 2.05) is 0 Å². The van der Waals surface area contributed by atoms with E-state index < -0.39 is 10.0 Å². The largest absolute Gasteiger partial charge is 0.326 e. The van der Waals surface area contributed by atoms with Crippen LogP contribution in [0.1, 0.15) is 11.3 Å². The third-order valence-electron chi connectivity index (χ3n) is 2.31. The number of nitrogens with zero attached hydrogens (tertiary/aromatic N) is 3. The van der Waals surface area contributed by atoms with Crippen molar-refractivity contribution in [2.75, 3.05) is 4.72 Å². The fourth-order valence-corrected chi connectivity index (χ4v) is 2.69. The fourth-order valence-electron chi connectivity index (χ4n) is 1.45. The highest BCUT2D eigenvalue weighted by Gasteiger charge is 2.23. The summed E-state index contributed by atoms with van der Waals surface area (Å²) in [6.45, 7) is 1.80. The van der Waals surface area contributed by atoms with Crippen LogP contribution in [0.15, 0.2) is 23.7 Å². The highest BCUT2D eigenvalue weighted by Crippen LogP contribution is 2.18. The number of hydrogen-bond donors (Lipinski definition) is 3. The van der Waals surface area contributed by atoms with Crippen molar-refractivity contribution in [3.8, 4) is 0 Å². The van der Waals surface area contributed by atoms with Crippen molar-refractivity contribution in [2.45, 2.75) is 18.5 Å². The first-order valence-electron chi connectivity index (χ1n) is 5.06.